The molecule has 3 heteroatoms. The lowest BCUT2D eigenvalue weighted by Gasteiger charge is -2.08. The first-order chi connectivity index (χ1) is 6.72. The predicted molar refractivity (Wildman–Crippen MR) is 52.4 cm³/mol. The Labute approximate surface area is 82.9 Å². The Bertz CT molecular complexity index is 391. The van der Waals surface area contributed by atoms with Crippen LogP contribution >= 0.6 is 0 Å². The van der Waals surface area contributed by atoms with Gasteiger partial charge in [-0.2, -0.15) is 5.26 Å². The molecule has 0 aliphatic rings. The van der Waals surface area contributed by atoms with E-state index in [1.165, 1.54) is 0 Å². The van der Waals surface area contributed by atoms with Crippen LogP contribution in [0.3, 0.4) is 0 Å². The summed E-state index contributed by atoms with van der Waals surface area (Å²) in [4.78, 5) is 10.7. The fraction of sp³-hybridized carbons (Fsp3) is 0.273. The van der Waals surface area contributed by atoms with E-state index in [-0.39, 0.29) is 6.42 Å². The van der Waals surface area contributed by atoms with Gasteiger partial charge in [-0.25, -0.2) is 0 Å². The molecule has 0 unspecified atom stereocenters. The van der Waals surface area contributed by atoms with E-state index in [0.29, 0.717) is 16.9 Å². The molecule has 1 aromatic carbocycles. The Kier molecular flexibility index (Phi) is 3.24. The molecule has 0 saturated heterocycles. The monoisotopic (exact) mass is 189 g/mol. The third-order valence-electron chi connectivity index (χ3n) is 2.05. The van der Waals surface area contributed by atoms with Gasteiger partial charge in [0.05, 0.1) is 19.6 Å². The van der Waals surface area contributed by atoms with Gasteiger partial charge in [0.2, 0.25) is 0 Å². The molecule has 1 aromatic rings. The summed E-state index contributed by atoms with van der Waals surface area (Å²) in [5.41, 5.74) is 2.17. The van der Waals surface area contributed by atoms with Crippen molar-refractivity contribution in [3.8, 4) is 11.8 Å². The Morgan fingerprint density at radius 2 is 2.29 bits per heavy atom. The Balaban J connectivity index is 3.26. The van der Waals surface area contributed by atoms with Gasteiger partial charge < -0.3 is 4.74 Å². The average Bonchev–Trinajstić information content (AvgIpc) is 2.20. The number of benzene rings is 1. The van der Waals surface area contributed by atoms with Crippen LogP contribution in [-0.4, -0.2) is 13.4 Å². The molecule has 0 saturated carbocycles. The minimum absolute atomic E-state index is 0.227. The molecule has 0 aromatic heterocycles. The second kappa shape index (κ2) is 4.43. The molecule has 0 aliphatic carbocycles. The lowest BCUT2D eigenvalue weighted by atomic mass is 10.0. The van der Waals surface area contributed by atoms with E-state index in [4.69, 9.17) is 10.00 Å². The normalized spacial score (nSPS) is 9.21. The third kappa shape index (κ3) is 1.91. The molecule has 1 rings (SSSR count). The maximum absolute atomic E-state index is 10.7. The lowest BCUT2D eigenvalue weighted by Crippen LogP contribution is -1.96. The van der Waals surface area contributed by atoms with Crippen molar-refractivity contribution >= 4 is 6.29 Å². The molecule has 0 bridgehead atoms. The fourth-order valence-electron chi connectivity index (χ4n) is 1.32. The summed E-state index contributed by atoms with van der Waals surface area (Å²) < 4.78 is 5.11. The molecule has 0 fully saturated rings. The van der Waals surface area contributed by atoms with Crippen LogP contribution < -0.4 is 4.74 Å². The summed E-state index contributed by atoms with van der Waals surface area (Å²) in [5.74, 6) is 0.709. The highest BCUT2D eigenvalue weighted by molar-refractivity contribution is 5.78. The zero-order valence-corrected chi connectivity index (χ0v) is 8.20. The Hall–Kier alpha value is -1.82. The molecular weight excluding hydrogens is 178 g/mol. The quantitative estimate of drug-likeness (QED) is 0.682. The second-order valence-corrected chi connectivity index (χ2v) is 2.97. The number of aryl methyl sites for hydroxylation is 1. The molecule has 3 nitrogen and oxygen atoms in total. The van der Waals surface area contributed by atoms with Gasteiger partial charge in [-0.3, -0.25) is 4.79 Å². The highest BCUT2D eigenvalue weighted by Crippen LogP contribution is 2.22. The largest absolute Gasteiger partial charge is 0.496 e. The van der Waals surface area contributed by atoms with Gasteiger partial charge in [0.1, 0.15) is 12.0 Å². The van der Waals surface area contributed by atoms with Gasteiger partial charge in [-0.15, -0.1) is 0 Å². The zero-order chi connectivity index (χ0) is 10.6. The van der Waals surface area contributed by atoms with E-state index in [2.05, 4.69) is 0 Å². The number of ether oxygens (including phenoxy) is 1. The second-order valence-electron chi connectivity index (χ2n) is 2.97. The molecule has 0 heterocycles. The van der Waals surface area contributed by atoms with Gasteiger partial charge in [0.25, 0.3) is 0 Å². The third-order valence-corrected chi connectivity index (χ3v) is 2.05. The molecule has 0 atom stereocenters. The standard InChI is InChI=1S/C11H11NO2/c1-8-5-10(7-13)9(3-4-12)6-11(8)14-2/h5-7H,3H2,1-2H3. The first-order valence-corrected chi connectivity index (χ1v) is 4.22. The summed E-state index contributed by atoms with van der Waals surface area (Å²) in [6.45, 7) is 1.86. The van der Waals surface area contributed by atoms with Crippen molar-refractivity contribution in [2.75, 3.05) is 7.11 Å². The minimum Gasteiger partial charge on any atom is -0.496 e. The minimum atomic E-state index is 0.227. The summed E-state index contributed by atoms with van der Waals surface area (Å²) in [5, 5.41) is 8.57. The van der Waals surface area contributed by atoms with E-state index in [9.17, 15) is 4.79 Å². The molecule has 14 heavy (non-hydrogen) atoms. The highest BCUT2D eigenvalue weighted by atomic mass is 16.5. The smallest absolute Gasteiger partial charge is 0.150 e. The van der Waals surface area contributed by atoms with Crippen molar-refractivity contribution in [3.63, 3.8) is 0 Å². The van der Waals surface area contributed by atoms with E-state index in [1.807, 2.05) is 13.0 Å². The van der Waals surface area contributed by atoms with E-state index >= 15 is 0 Å². The number of hydrogen-bond donors (Lipinski definition) is 0. The lowest BCUT2D eigenvalue weighted by molar-refractivity contribution is 0.112. The van der Waals surface area contributed by atoms with Crippen LogP contribution in [0.4, 0.5) is 0 Å². The number of rotatable bonds is 3. The molecule has 0 amide bonds. The van der Waals surface area contributed by atoms with Crippen LogP contribution in [0.25, 0.3) is 0 Å². The first kappa shape index (κ1) is 10.3. The van der Waals surface area contributed by atoms with Gasteiger partial charge in [0.15, 0.2) is 0 Å². The molecule has 0 N–H and O–H groups in total. The van der Waals surface area contributed by atoms with Crippen LogP contribution in [0, 0.1) is 18.3 Å². The van der Waals surface area contributed by atoms with Crippen molar-refractivity contribution in [3.05, 3.63) is 28.8 Å². The molecule has 0 radical (unpaired) electrons. The summed E-state index contributed by atoms with van der Waals surface area (Å²) in [6, 6.07) is 5.49. The van der Waals surface area contributed by atoms with Crippen LogP contribution in [0.1, 0.15) is 21.5 Å². The van der Waals surface area contributed by atoms with Crippen molar-refractivity contribution in [1.29, 1.82) is 5.26 Å². The number of hydrogen-bond acceptors (Lipinski definition) is 3. The van der Waals surface area contributed by atoms with Crippen molar-refractivity contribution in [2.45, 2.75) is 13.3 Å². The summed E-state index contributed by atoms with van der Waals surface area (Å²) in [6.07, 6.45) is 0.990. The predicted octanol–water partition coefficient (Wildman–Crippen LogP) is 1.88. The summed E-state index contributed by atoms with van der Waals surface area (Å²) in [7, 11) is 1.57. The number of nitrogens with zero attached hydrogens (tertiary/aromatic N) is 1. The van der Waals surface area contributed by atoms with Crippen LogP contribution in [-0.2, 0) is 6.42 Å². The van der Waals surface area contributed by atoms with Crippen LogP contribution in [0.15, 0.2) is 12.1 Å². The molecule has 72 valence electrons. The van der Waals surface area contributed by atoms with Crippen LogP contribution in [0.5, 0.6) is 5.75 Å². The fourth-order valence-corrected chi connectivity index (χ4v) is 1.32. The van der Waals surface area contributed by atoms with Gasteiger partial charge in [-0.1, -0.05) is 0 Å². The molecule has 0 spiro atoms. The Morgan fingerprint density at radius 3 is 2.79 bits per heavy atom. The topological polar surface area (TPSA) is 50.1 Å². The maximum atomic E-state index is 10.7. The first-order valence-electron chi connectivity index (χ1n) is 4.22. The van der Waals surface area contributed by atoms with Gasteiger partial charge >= 0.3 is 0 Å². The van der Waals surface area contributed by atoms with Gasteiger partial charge in [0, 0.05) is 5.56 Å². The summed E-state index contributed by atoms with van der Waals surface area (Å²) >= 11 is 0. The Morgan fingerprint density at radius 1 is 1.57 bits per heavy atom. The van der Waals surface area contributed by atoms with E-state index < -0.39 is 0 Å². The molecular formula is C11H11NO2. The number of aldehydes is 1. The highest BCUT2D eigenvalue weighted by Gasteiger charge is 2.06. The number of methoxy groups -OCH3 is 1. The number of carbonyl (C=O) groups excluding carboxylic acids is 1. The van der Waals surface area contributed by atoms with Crippen LogP contribution in [0.2, 0.25) is 0 Å². The molecule has 0 aliphatic heterocycles. The van der Waals surface area contributed by atoms with Crippen molar-refractivity contribution in [1.82, 2.24) is 0 Å². The number of carbonyl (C=O) groups is 1. The van der Waals surface area contributed by atoms with E-state index in [1.54, 1.807) is 19.2 Å². The SMILES string of the molecule is COc1cc(CC#N)c(C=O)cc1C. The van der Waals surface area contributed by atoms with Gasteiger partial charge in [-0.05, 0) is 30.2 Å². The maximum Gasteiger partial charge on any atom is 0.150 e. The zero-order valence-electron chi connectivity index (χ0n) is 8.20. The average molecular weight is 189 g/mol. The number of nitriles is 1. The van der Waals surface area contributed by atoms with E-state index in [0.717, 1.165) is 11.8 Å². The van der Waals surface area contributed by atoms with Crippen molar-refractivity contribution in [2.24, 2.45) is 0 Å². The van der Waals surface area contributed by atoms with Crippen molar-refractivity contribution < 1.29 is 9.53 Å².